The van der Waals surface area contributed by atoms with Crippen molar-refractivity contribution in [3.8, 4) is 5.75 Å². The summed E-state index contributed by atoms with van der Waals surface area (Å²) in [5.41, 5.74) is 0.837. The third-order valence-electron chi connectivity index (χ3n) is 3.88. The fourth-order valence-corrected chi connectivity index (χ4v) is 2.28. The predicted octanol–water partition coefficient (Wildman–Crippen LogP) is 1.85. The van der Waals surface area contributed by atoms with Crippen LogP contribution < -0.4 is 4.74 Å². The number of aryl methyl sites for hydroxylation is 1. The zero-order valence-corrected chi connectivity index (χ0v) is 11.9. The van der Waals surface area contributed by atoms with E-state index in [2.05, 4.69) is 0 Å². The largest absolute Gasteiger partial charge is 0.496 e. The molecule has 1 fully saturated rings. The van der Waals surface area contributed by atoms with Crippen LogP contribution >= 0.6 is 0 Å². The van der Waals surface area contributed by atoms with Crippen LogP contribution in [0.1, 0.15) is 29.8 Å². The summed E-state index contributed by atoms with van der Waals surface area (Å²) in [6.07, 6.45) is 0. The van der Waals surface area contributed by atoms with Gasteiger partial charge in [-0.15, -0.1) is 0 Å². The molecule has 0 aliphatic carbocycles. The van der Waals surface area contributed by atoms with Crippen LogP contribution in [-0.4, -0.2) is 41.7 Å². The molecule has 0 radical (unpaired) electrons. The van der Waals surface area contributed by atoms with Crippen LogP contribution in [0.3, 0.4) is 0 Å². The van der Waals surface area contributed by atoms with E-state index in [9.17, 15) is 9.90 Å². The third-order valence-corrected chi connectivity index (χ3v) is 3.88. The van der Waals surface area contributed by atoms with Gasteiger partial charge in [0.05, 0.1) is 25.8 Å². The fraction of sp³-hybridized carbons (Fsp3) is 0.533. The van der Waals surface area contributed by atoms with Crippen LogP contribution in [0.15, 0.2) is 18.2 Å². The second-order valence-electron chi connectivity index (χ2n) is 5.62. The van der Waals surface area contributed by atoms with E-state index in [1.54, 1.807) is 18.1 Å². The van der Waals surface area contributed by atoms with Gasteiger partial charge in [0.2, 0.25) is 0 Å². The van der Waals surface area contributed by atoms with E-state index in [4.69, 9.17) is 4.74 Å². The highest BCUT2D eigenvalue weighted by Gasteiger charge is 2.46. The van der Waals surface area contributed by atoms with E-state index in [1.807, 2.05) is 32.9 Å². The van der Waals surface area contributed by atoms with Crippen LogP contribution in [0.2, 0.25) is 0 Å². The zero-order valence-electron chi connectivity index (χ0n) is 11.9. The van der Waals surface area contributed by atoms with Crippen molar-refractivity contribution in [2.75, 3.05) is 20.2 Å². The lowest BCUT2D eigenvalue weighted by molar-refractivity contribution is -0.110. The fourth-order valence-electron chi connectivity index (χ4n) is 2.28. The van der Waals surface area contributed by atoms with Gasteiger partial charge in [-0.3, -0.25) is 4.79 Å². The summed E-state index contributed by atoms with van der Waals surface area (Å²) in [6, 6.07) is 5.54. The van der Waals surface area contributed by atoms with Crippen molar-refractivity contribution in [3.05, 3.63) is 29.3 Å². The van der Waals surface area contributed by atoms with Crippen molar-refractivity contribution in [2.24, 2.45) is 5.92 Å². The number of rotatable bonds is 3. The Labute approximate surface area is 114 Å². The molecule has 0 spiro atoms. The van der Waals surface area contributed by atoms with Gasteiger partial charge in [-0.2, -0.15) is 0 Å². The number of methoxy groups -OCH3 is 1. The number of aliphatic hydroxyl groups is 1. The number of carbonyl (C=O) groups excluding carboxylic acids is 1. The van der Waals surface area contributed by atoms with E-state index in [1.165, 1.54) is 0 Å². The molecule has 4 nitrogen and oxygen atoms in total. The summed E-state index contributed by atoms with van der Waals surface area (Å²) >= 11 is 0. The Hall–Kier alpha value is -1.55. The van der Waals surface area contributed by atoms with Gasteiger partial charge in [-0.25, -0.2) is 0 Å². The maximum absolute atomic E-state index is 12.4. The summed E-state index contributed by atoms with van der Waals surface area (Å²) < 4.78 is 5.23. The Morgan fingerprint density at radius 2 is 2.05 bits per heavy atom. The highest BCUT2D eigenvalue weighted by atomic mass is 16.5. The predicted molar refractivity (Wildman–Crippen MR) is 73.4 cm³/mol. The maximum Gasteiger partial charge on any atom is 0.257 e. The lowest BCUT2D eigenvalue weighted by Crippen LogP contribution is -2.65. The molecule has 104 valence electrons. The van der Waals surface area contributed by atoms with Crippen molar-refractivity contribution in [3.63, 3.8) is 0 Å². The standard InChI is InChI=1S/C15H21NO3/c1-10(2)15(18)8-16(9-15)14(17)12-7-11(3)5-6-13(12)19-4/h5-7,10,18H,8-9H2,1-4H3. The molecule has 1 heterocycles. The Morgan fingerprint density at radius 1 is 1.42 bits per heavy atom. The van der Waals surface area contributed by atoms with E-state index in [0.717, 1.165) is 5.56 Å². The first kappa shape index (κ1) is 13.9. The van der Waals surface area contributed by atoms with Gasteiger partial charge >= 0.3 is 0 Å². The van der Waals surface area contributed by atoms with Crippen molar-refractivity contribution < 1.29 is 14.6 Å². The number of amides is 1. The summed E-state index contributed by atoms with van der Waals surface area (Å²) in [6.45, 7) is 6.65. The van der Waals surface area contributed by atoms with Gasteiger partial charge < -0.3 is 14.7 Å². The number of β-amino-alcohol motifs (C(OH)–C–C–N with tert-alkyl or cyclic N) is 1. The van der Waals surface area contributed by atoms with Crippen molar-refractivity contribution in [1.82, 2.24) is 4.90 Å². The number of nitrogens with zero attached hydrogens (tertiary/aromatic N) is 1. The number of likely N-dealkylation sites (tertiary alicyclic amines) is 1. The van der Waals surface area contributed by atoms with Crippen molar-refractivity contribution in [2.45, 2.75) is 26.4 Å². The first-order valence-corrected chi connectivity index (χ1v) is 6.53. The molecule has 4 heteroatoms. The molecule has 0 atom stereocenters. The minimum atomic E-state index is -0.743. The molecule has 1 saturated heterocycles. The number of carbonyl (C=O) groups is 1. The Balaban J connectivity index is 2.16. The lowest BCUT2D eigenvalue weighted by Gasteiger charge is -2.49. The van der Waals surface area contributed by atoms with Gasteiger partial charge in [0.15, 0.2) is 0 Å². The van der Waals surface area contributed by atoms with Gasteiger partial charge in [-0.05, 0) is 25.0 Å². The lowest BCUT2D eigenvalue weighted by atomic mass is 9.82. The number of benzene rings is 1. The molecule has 19 heavy (non-hydrogen) atoms. The van der Waals surface area contributed by atoms with Crippen LogP contribution in [-0.2, 0) is 0 Å². The minimum Gasteiger partial charge on any atom is -0.496 e. The molecule has 2 rings (SSSR count). The molecular formula is C15H21NO3. The zero-order chi connectivity index (χ0) is 14.2. The van der Waals surface area contributed by atoms with Gasteiger partial charge in [0, 0.05) is 0 Å². The molecule has 1 amide bonds. The van der Waals surface area contributed by atoms with E-state index < -0.39 is 5.60 Å². The molecular weight excluding hydrogens is 242 g/mol. The second-order valence-corrected chi connectivity index (χ2v) is 5.62. The van der Waals surface area contributed by atoms with E-state index in [-0.39, 0.29) is 11.8 Å². The van der Waals surface area contributed by atoms with Crippen LogP contribution in [0.5, 0.6) is 5.75 Å². The molecule has 1 aliphatic rings. The van der Waals surface area contributed by atoms with E-state index in [0.29, 0.717) is 24.4 Å². The molecule has 0 unspecified atom stereocenters. The molecule has 0 aromatic heterocycles. The second kappa shape index (κ2) is 4.85. The summed E-state index contributed by atoms with van der Waals surface area (Å²) in [4.78, 5) is 14.1. The monoisotopic (exact) mass is 263 g/mol. The molecule has 1 N–H and O–H groups in total. The molecule has 1 aromatic rings. The first-order chi connectivity index (χ1) is 8.87. The topological polar surface area (TPSA) is 49.8 Å². The van der Waals surface area contributed by atoms with Gasteiger partial charge in [0.1, 0.15) is 11.4 Å². The smallest absolute Gasteiger partial charge is 0.257 e. The maximum atomic E-state index is 12.4. The van der Waals surface area contributed by atoms with Crippen LogP contribution in [0.4, 0.5) is 0 Å². The SMILES string of the molecule is COc1ccc(C)cc1C(=O)N1CC(O)(C(C)C)C1. The van der Waals surface area contributed by atoms with Crippen molar-refractivity contribution >= 4 is 5.91 Å². The number of hydrogen-bond acceptors (Lipinski definition) is 3. The first-order valence-electron chi connectivity index (χ1n) is 6.53. The quantitative estimate of drug-likeness (QED) is 0.905. The highest BCUT2D eigenvalue weighted by molar-refractivity contribution is 5.97. The Kier molecular flexibility index (Phi) is 3.54. The molecule has 0 bridgehead atoms. The molecule has 1 aromatic carbocycles. The van der Waals surface area contributed by atoms with Crippen molar-refractivity contribution in [1.29, 1.82) is 0 Å². The average Bonchev–Trinajstić information content (AvgIpc) is 2.33. The van der Waals surface area contributed by atoms with Gasteiger partial charge in [0.25, 0.3) is 5.91 Å². The normalized spacial score (nSPS) is 17.3. The third kappa shape index (κ3) is 2.45. The number of ether oxygens (including phenoxy) is 1. The van der Waals surface area contributed by atoms with Gasteiger partial charge in [-0.1, -0.05) is 25.5 Å². The van der Waals surface area contributed by atoms with Crippen LogP contribution in [0, 0.1) is 12.8 Å². The average molecular weight is 263 g/mol. The Morgan fingerprint density at radius 3 is 2.58 bits per heavy atom. The molecule has 1 aliphatic heterocycles. The summed E-state index contributed by atoms with van der Waals surface area (Å²) in [7, 11) is 1.56. The minimum absolute atomic E-state index is 0.0779. The summed E-state index contributed by atoms with van der Waals surface area (Å²) in [5.74, 6) is 0.650. The van der Waals surface area contributed by atoms with E-state index >= 15 is 0 Å². The summed E-state index contributed by atoms with van der Waals surface area (Å²) in [5, 5.41) is 10.2. The Bertz CT molecular complexity index is 490. The number of hydrogen-bond donors (Lipinski definition) is 1. The highest BCUT2D eigenvalue weighted by Crippen LogP contribution is 2.31. The van der Waals surface area contributed by atoms with Crippen LogP contribution in [0.25, 0.3) is 0 Å². The molecule has 0 saturated carbocycles.